The van der Waals surface area contributed by atoms with E-state index >= 15 is 0 Å². The standard InChI is InChI=1S/C19H28N2O/c1-2-16-5-7-17(8-6-16)15-20-13-9-18(10-14-20)19(22)21-11-3-4-12-21/h5-8,18H,2-4,9-15H2,1H3/p+1. The molecule has 2 saturated heterocycles. The van der Waals surface area contributed by atoms with Crippen LogP contribution >= 0.6 is 0 Å². The van der Waals surface area contributed by atoms with Crippen molar-refractivity contribution in [2.45, 2.75) is 45.6 Å². The highest BCUT2D eigenvalue weighted by atomic mass is 16.2. The summed E-state index contributed by atoms with van der Waals surface area (Å²) < 4.78 is 0. The normalized spacial score (nSPS) is 25.4. The summed E-state index contributed by atoms with van der Waals surface area (Å²) in [6.45, 7) is 7.57. The second-order valence-electron chi connectivity index (χ2n) is 6.90. The maximum Gasteiger partial charge on any atom is 0.226 e. The third-order valence-corrected chi connectivity index (χ3v) is 5.35. The van der Waals surface area contributed by atoms with Gasteiger partial charge in [0.05, 0.1) is 13.1 Å². The van der Waals surface area contributed by atoms with Crippen molar-refractivity contribution in [3.8, 4) is 0 Å². The lowest BCUT2D eigenvalue weighted by molar-refractivity contribution is -0.919. The van der Waals surface area contributed by atoms with E-state index in [2.05, 4.69) is 36.1 Å². The van der Waals surface area contributed by atoms with Gasteiger partial charge in [0.2, 0.25) is 5.91 Å². The molecule has 2 aliphatic heterocycles. The second kappa shape index (κ2) is 7.28. The number of carbonyl (C=O) groups excluding carboxylic acids is 1. The van der Waals surface area contributed by atoms with E-state index in [0.717, 1.165) is 52.0 Å². The first-order valence-electron chi connectivity index (χ1n) is 8.96. The van der Waals surface area contributed by atoms with Gasteiger partial charge in [0, 0.05) is 37.4 Å². The van der Waals surface area contributed by atoms with Crippen molar-refractivity contribution >= 4 is 5.91 Å². The van der Waals surface area contributed by atoms with Crippen LogP contribution in [0, 0.1) is 5.92 Å². The number of rotatable bonds is 4. The number of amides is 1. The number of nitrogens with one attached hydrogen (secondary N) is 1. The predicted octanol–water partition coefficient (Wildman–Crippen LogP) is 1.67. The zero-order valence-electron chi connectivity index (χ0n) is 13.8. The maximum atomic E-state index is 12.5. The average molecular weight is 301 g/mol. The fourth-order valence-electron chi connectivity index (χ4n) is 3.83. The first kappa shape index (κ1) is 15.5. The van der Waals surface area contributed by atoms with Crippen LogP contribution in [0.4, 0.5) is 0 Å². The van der Waals surface area contributed by atoms with E-state index in [1.807, 2.05) is 0 Å². The molecule has 0 spiro atoms. The van der Waals surface area contributed by atoms with Crippen LogP contribution in [0.5, 0.6) is 0 Å². The molecule has 0 saturated carbocycles. The Kier molecular flexibility index (Phi) is 5.14. The molecular formula is C19H29N2O+. The number of piperidine rings is 1. The molecular weight excluding hydrogens is 272 g/mol. The van der Waals surface area contributed by atoms with Crippen molar-refractivity contribution < 1.29 is 9.69 Å². The minimum atomic E-state index is 0.296. The highest BCUT2D eigenvalue weighted by Gasteiger charge is 2.31. The molecule has 1 N–H and O–H groups in total. The number of hydrogen-bond donors (Lipinski definition) is 1. The van der Waals surface area contributed by atoms with Gasteiger partial charge in [-0.2, -0.15) is 0 Å². The third kappa shape index (κ3) is 3.70. The van der Waals surface area contributed by atoms with Crippen LogP contribution in [0.3, 0.4) is 0 Å². The second-order valence-corrected chi connectivity index (χ2v) is 6.90. The van der Waals surface area contributed by atoms with Crippen molar-refractivity contribution in [2.75, 3.05) is 26.2 Å². The highest BCUT2D eigenvalue weighted by molar-refractivity contribution is 5.79. The molecule has 0 radical (unpaired) electrons. The molecule has 3 rings (SSSR count). The first-order chi connectivity index (χ1) is 10.8. The fraction of sp³-hybridized carbons (Fsp3) is 0.632. The molecule has 0 bridgehead atoms. The van der Waals surface area contributed by atoms with E-state index < -0.39 is 0 Å². The van der Waals surface area contributed by atoms with Gasteiger partial charge in [0.25, 0.3) is 0 Å². The lowest BCUT2D eigenvalue weighted by Gasteiger charge is -2.31. The Bertz CT molecular complexity index is 483. The minimum Gasteiger partial charge on any atom is -0.342 e. The number of carbonyl (C=O) groups is 1. The molecule has 2 fully saturated rings. The Labute approximate surface area is 134 Å². The van der Waals surface area contributed by atoms with E-state index in [-0.39, 0.29) is 0 Å². The highest BCUT2D eigenvalue weighted by Crippen LogP contribution is 2.18. The van der Waals surface area contributed by atoms with Crippen LogP contribution < -0.4 is 4.90 Å². The number of hydrogen-bond acceptors (Lipinski definition) is 1. The Balaban J connectivity index is 1.47. The van der Waals surface area contributed by atoms with Gasteiger partial charge in [-0.05, 0) is 24.8 Å². The number of likely N-dealkylation sites (tertiary alicyclic amines) is 2. The van der Waals surface area contributed by atoms with Gasteiger partial charge in [-0.3, -0.25) is 4.79 Å². The SMILES string of the molecule is CCc1ccc(C[NH+]2CCC(C(=O)N3CCCC3)CC2)cc1. The zero-order valence-corrected chi connectivity index (χ0v) is 13.8. The minimum absolute atomic E-state index is 0.296. The van der Waals surface area contributed by atoms with Crippen LogP contribution in [0.1, 0.15) is 43.7 Å². The summed E-state index contributed by atoms with van der Waals surface area (Å²) in [5.41, 5.74) is 2.84. The van der Waals surface area contributed by atoms with Crippen LogP contribution in [-0.2, 0) is 17.8 Å². The van der Waals surface area contributed by atoms with Gasteiger partial charge in [0.15, 0.2) is 0 Å². The van der Waals surface area contributed by atoms with Gasteiger partial charge < -0.3 is 9.80 Å². The number of nitrogens with zero attached hydrogens (tertiary/aromatic N) is 1. The summed E-state index contributed by atoms with van der Waals surface area (Å²) in [5, 5.41) is 0. The fourth-order valence-corrected chi connectivity index (χ4v) is 3.83. The largest absolute Gasteiger partial charge is 0.342 e. The summed E-state index contributed by atoms with van der Waals surface area (Å²) in [6, 6.07) is 9.04. The Hall–Kier alpha value is -1.35. The lowest BCUT2D eigenvalue weighted by Crippen LogP contribution is -3.11. The summed E-state index contributed by atoms with van der Waals surface area (Å²) in [5.74, 6) is 0.730. The van der Waals surface area contributed by atoms with E-state index in [1.54, 1.807) is 4.90 Å². The van der Waals surface area contributed by atoms with Crippen LogP contribution in [0.15, 0.2) is 24.3 Å². The van der Waals surface area contributed by atoms with Crippen molar-refractivity contribution in [3.63, 3.8) is 0 Å². The number of quaternary nitrogens is 1. The molecule has 2 heterocycles. The van der Waals surface area contributed by atoms with Crippen LogP contribution in [0.2, 0.25) is 0 Å². The topological polar surface area (TPSA) is 24.8 Å². The monoisotopic (exact) mass is 301 g/mol. The van der Waals surface area contributed by atoms with E-state index in [4.69, 9.17) is 0 Å². The molecule has 1 aromatic rings. The van der Waals surface area contributed by atoms with Crippen LogP contribution in [0.25, 0.3) is 0 Å². The van der Waals surface area contributed by atoms with Gasteiger partial charge in [0.1, 0.15) is 6.54 Å². The average Bonchev–Trinajstić information content (AvgIpc) is 3.10. The molecule has 3 nitrogen and oxygen atoms in total. The van der Waals surface area contributed by atoms with Gasteiger partial charge in [-0.25, -0.2) is 0 Å². The van der Waals surface area contributed by atoms with Gasteiger partial charge >= 0.3 is 0 Å². The summed E-state index contributed by atoms with van der Waals surface area (Å²) in [7, 11) is 0. The summed E-state index contributed by atoms with van der Waals surface area (Å²) in [4.78, 5) is 16.2. The van der Waals surface area contributed by atoms with Crippen molar-refractivity contribution in [1.29, 1.82) is 0 Å². The molecule has 0 aliphatic carbocycles. The smallest absolute Gasteiger partial charge is 0.226 e. The molecule has 1 amide bonds. The molecule has 0 atom stereocenters. The zero-order chi connectivity index (χ0) is 15.4. The lowest BCUT2D eigenvalue weighted by atomic mass is 9.95. The summed E-state index contributed by atoms with van der Waals surface area (Å²) >= 11 is 0. The molecule has 1 aromatic carbocycles. The Morgan fingerprint density at radius 2 is 1.68 bits per heavy atom. The van der Waals surface area contributed by atoms with E-state index in [1.165, 1.54) is 24.0 Å². The molecule has 120 valence electrons. The molecule has 0 unspecified atom stereocenters. The number of aryl methyl sites for hydroxylation is 1. The van der Waals surface area contributed by atoms with Crippen molar-refractivity contribution in [2.24, 2.45) is 5.92 Å². The van der Waals surface area contributed by atoms with Crippen molar-refractivity contribution in [1.82, 2.24) is 4.90 Å². The van der Waals surface area contributed by atoms with Gasteiger partial charge in [-0.1, -0.05) is 31.2 Å². The Morgan fingerprint density at radius 1 is 1.09 bits per heavy atom. The molecule has 22 heavy (non-hydrogen) atoms. The maximum absolute atomic E-state index is 12.5. The first-order valence-corrected chi connectivity index (χ1v) is 8.96. The third-order valence-electron chi connectivity index (χ3n) is 5.35. The Morgan fingerprint density at radius 3 is 2.27 bits per heavy atom. The van der Waals surface area contributed by atoms with E-state index in [9.17, 15) is 4.79 Å². The summed E-state index contributed by atoms with van der Waals surface area (Å²) in [6.07, 6.45) is 5.64. The van der Waals surface area contributed by atoms with Crippen LogP contribution in [-0.4, -0.2) is 37.0 Å². The predicted molar refractivity (Wildman–Crippen MR) is 88.8 cm³/mol. The van der Waals surface area contributed by atoms with E-state index in [0.29, 0.717) is 11.8 Å². The molecule has 3 heteroatoms. The molecule has 2 aliphatic rings. The van der Waals surface area contributed by atoms with Crippen molar-refractivity contribution in [3.05, 3.63) is 35.4 Å². The van der Waals surface area contributed by atoms with Gasteiger partial charge in [-0.15, -0.1) is 0 Å². The molecule has 0 aromatic heterocycles. The quantitative estimate of drug-likeness (QED) is 0.899. The number of benzene rings is 1.